The molecule has 0 spiro atoms. The molecule has 1 aliphatic rings. The molecule has 0 saturated heterocycles. The van der Waals surface area contributed by atoms with Crippen LogP contribution in [0.15, 0.2) is 36.7 Å². The number of rotatable bonds is 6. The molecule has 4 rings (SSSR count). The Morgan fingerprint density at radius 1 is 1.29 bits per heavy atom. The van der Waals surface area contributed by atoms with Crippen LogP contribution in [0.2, 0.25) is 0 Å². The minimum atomic E-state index is -1.08. The molecule has 9 heteroatoms. The summed E-state index contributed by atoms with van der Waals surface area (Å²) in [4.78, 5) is 26.0. The average Bonchev–Trinajstić information content (AvgIpc) is 3.24. The summed E-state index contributed by atoms with van der Waals surface area (Å²) in [5, 5.41) is 25.1. The van der Waals surface area contributed by atoms with E-state index in [0.717, 1.165) is 21.7 Å². The minimum Gasteiger partial charge on any atom is -0.387 e. The number of aryl methyl sites for hydroxylation is 1. The first kappa shape index (κ1) is 24.3. The molecule has 1 saturated carbocycles. The lowest BCUT2D eigenvalue weighted by atomic mass is 9.63. The predicted molar refractivity (Wildman–Crippen MR) is 132 cm³/mol. The smallest absolute Gasteiger partial charge is 0.227 e. The highest BCUT2D eigenvalue weighted by Crippen LogP contribution is 2.50. The lowest BCUT2D eigenvalue weighted by Gasteiger charge is -2.44. The number of nitrogens with two attached hydrogens (primary N) is 1. The van der Waals surface area contributed by atoms with Crippen LogP contribution in [-0.4, -0.2) is 31.1 Å². The molecule has 3 atom stereocenters. The van der Waals surface area contributed by atoms with E-state index < -0.39 is 17.1 Å². The molecule has 8 nitrogen and oxygen atoms in total. The van der Waals surface area contributed by atoms with Crippen LogP contribution >= 0.6 is 11.3 Å². The van der Waals surface area contributed by atoms with Crippen molar-refractivity contribution in [2.75, 3.05) is 5.32 Å². The first-order valence-electron chi connectivity index (χ1n) is 11.3. The summed E-state index contributed by atoms with van der Waals surface area (Å²) in [5.74, 6) is -0.163. The zero-order valence-electron chi connectivity index (χ0n) is 19.9. The molecule has 0 radical (unpaired) electrons. The quantitative estimate of drug-likeness (QED) is 0.414. The number of benzene rings is 1. The van der Waals surface area contributed by atoms with Crippen molar-refractivity contribution >= 4 is 28.9 Å². The van der Waals surface area contributed by atoms with Gasteiger partial charge in [-0.25, -0.2) is 15.0 Å². The molecule has 34 heavy (non-hydrogen) atoms. The number of primary amides is 1. The second-order valence-corrected chi connectivity index (χ2v) is 10.9. The lowest BCUT2D eigenvalue weighted by Crippen LogP contribution is -2.46. The van der Waals surface area contributed by atoms with E-state index in [9.17, 15) is 15.0 Å². The second kappa shape index (κ2) is 9.05. The predicted octanol–water partition coefficient (Wildman–Crippen LogP) is 4.20. The third-order valence-corrected chi connectivity index (χ3v) is 7.75. The van der Waals surface area contributed by atoms with Gasteiger partial charge in [0.25, 0.3) is 0 Å². The Hall–Kier alpha value is -2.88. The summed E-state index contributed by atoms with van der Waals surface area (Å²) in [6.45, 7) is 7.63. The second-order valence-electron chi connectivity index (χ2n) is 9.91. The van der Waals surface area contributed by atoms with Gasteiger partial charge in [-0.1, -0.05) is 19.9 Å². The average molecular weight is 482 g/mol. The maximum Gasteiger partial charge on any atom is 0.227 e. The molecular weight excluding hydrogens is 450 g/mol. The van der Waals surface area contributed by atoms with Crippen molar-refractivity contribution < 1.29 is 15.0 Å². The van der Waals surface area contributed by atoms with E-state index >= 15 is 0 Å². The molecule has 180 valence electrons. The van der Waals surface area contributed by atoms with Crippen LogP contribution in [0.5, 0.6) is 0 Å². The highest BCUT2D eigenvalue weighted by molar-refractivity contribution is 7.15. The van der Waals surface area contributed by atoms with Crippen LogP contribution in [0, 0.1) is 18.3 Å². The van der Waals surface area contributed by atoms with E-state index in [4.69, 9.17) is 5.73 Å². The van der Waals surface area contributed by atoms with Crippen molar-refractivity contribution in [2.24, 2.45) is 17.1 Å². The van der Waals surface area contributed by atoms with Gasteiger partial charge in [0.05, 0.1) is 16.7 Å². The zero-order valence-corrected chi connectivity index (χ0v) is 20.7. The van der Waals surface area contributed by atoms with Gasteiger partial charge in [0, 0.05) is 24.0 Å². The highest BCUT2D eigenvalue weighted by Gasteiger charge is 2.48. The standard InChI is InChI=1S/C25H31N5O3S/c1-14-9-16(11-17(10-14)29-23-27-8-6-19(30-23)15(2)31)20-12-28-22(34-20)25(33)7-5-18(21(26)32)24(3,4)13-25/h6,8-12,15,18,31,33H,5,7,13H2,1-4H3,(H2,26,32)(H,27,29,30)/t15-,18-,25-/m1/s1. The Kier molecular flexibility index (Phi) is 6.46. The third-order valence-electron chi connectivity index (χ3n) is 6.51. The van der Waals surface area contributed by atoms with Gasteiger partial charge in [0.1, 0.15) is 10.6 Å². The maximum atomic E-state index is 11.9. The number of carbonyl (C=O) groups is 1. The summed E-state index contributed by atoms with van der Waals surface area (Å²) in [5.41, 5.74) is 7.47. The summed E-state index contributed by atoms with van der Waals surface area (Å²) < 4.78 is 0. The summed E-state index contributed by atoms with van der Waals surface area (Å²) in [7, 11) is 0. The van der Waals surface area contributed by atoms with Crippen LogP contribution in [0.3, 0.4) is 0 Å². The van der Waals surface area contributed by atoms with E-state index in [-0.39, 0.29) is 11.8 Å². The van der Waals surface area contributed by atoms with Crippen LogP contribution < -0.4 is 11.1 Å². The lowest BCUT2D eigenvalue weighted by molar-refractivity contribution is -0.134. The summed E-state index contributed by atoms with van der Waals surface area (Å²) in [6.07, 6.45) is 4.14. The molecule has 0 bridgehead atoms. The van der Waals surface area contributed by atoms with Crippen molar-refractivity contribution in [3.63, 3.8) is 0 Å². The number of aliphatic hydroxyl groups excluding tert-OH is 1. The first-order chi connectivity index (χ1) is 16.0. The van der Waals surface area contributed by atoms with Crippen LogP contribution in [0.1, 0.15) is 62.4 Å². The van der Waals surface area contributed by atoms with Gasteiger partial charge >= 0.3 is 0 Å². The largest absolute Gasteiger partial charge is 0.387 e. The number of amides is 1. The van der Waals surface area contributed by atoms with E-state index in [0.29, 0.717) is 35.9 Å². The van der Waals surface area contributed by atoms with Gasteiger partial charge in [-0.2, -0.15) is 0 Å². The maximum absolute atomic E-state index is 11.9. The Balaban J connectivity index is 1.59. The molecule has 1 fully saturated rings. The number of anilines is 2. The third kappa shape index (κ3) is 4.96. The van der Waals surface area contributed by atoms with Gasteiger partial charge in [-0.05, 0) is 67.9 Å². The number of nitrogens with one attached hydrogen (secondary N) is 1. The number of hydrogen-bond donors (Lipinski definition) is 4. The van der Waals surface area contributed by atoms with E-state index in [1.165, 1.54) is 11.3 Å². The molecule has 3 aromatic rings. The number of aliphatic hydroxyl groups is 2. The van der Waals surface area contributed by atoms with Gasteiger partial charge < -0.3 is 21.3 Å². The Bertz CT molecular complexity index is 1210. The van der Waals surface area contributed by atoms with E-state index in [2.05, 4.69) is 26.3 Å². The molecule has 0 unspecified atom stereocenters. The Labute approximate surface area is 203 Å². The fourth-order valence-corrected chi connectivity index (χ4v) is 5.88. The monoisotopic (exact) mass is 481 g/mol. The molecule has 2 aromatic heterocycles. The van der Waals surface area contributed by atoms with E-state index in [1.807, 2.05) is 32.9 Å². The van der Waals surface area contributed by atoms with Gasteiger partial charge in [-0.15, -0.1) is 11.3 Å². The number of carbonyl (C=O) groups excluding carboxylic acids is 1. The number of aromatic nitrogens is 3. The van der Waals surface area contributed by atoms with E-state index in [1.54, 1.807) is 25.4 Å². The molecule has 1 aromatic carbocycles. The van der Waals surface area contributed by atoms with Gasteiger partial charge in [0.2, 0.25) is 11.9 Å². The zero-order chi connectivity index (χ0) is 24.7. The van der Waals surface area contributed by atoms with Crippen molar-refractivity contribution in [2.45, 2.75) is 58.7 Å². The van der Waals surface area contributed by atoms with Crippen molar-refractivity contribution in [3.05, 3.63) is 52.9 Å². The first-order valence-corrected chi connectivity index (χ1v) is 12.2. The number of thiazole rings is 1. The van der Waals surface area contributed by atoms with Crippen molar-refractivity contribution in [1.82, 2.24) is 15.0 Å². The SMILES string of the molecule is Cc1cc(Nc2nccc([C@@H](C)O)n2)cc(-c2cnc([C@@]3(O)CC[C@H](C(N)=O)C(C)(C)C3)s2)c1. The fraction of sp³-hybridized carbons (Fsp3) is 0.440. The Morgan fingerprint density at radius 3 is 2.74 bits per heavy atom. The fourth-order valence-electron chi connectivity index (χ4n) is 4.86. The molecule has 1 amide bonds. The van der Waals surface area contributed by atoms with Crippen molar-refractivity contribution in [1.29, 1.82) is 0 Å². The van der Waals surface area contributed by atoms with Gasteiger partial charge in [-0.3, -0.25) is 4.79 Å². The molecule has 1 aliphatic carbocycles. The highest BCUT2D eigenvalue weighted by atomic mass is 32.1. The molecular formula is C25H31N5O3S. The van der Waals surface area contributed by atoms with Crippen molar-refractivity contribution in [3.8, 4) is 10.4 Å². The Morgan fingerprint density at radius 2 is 2.06 bits per heavy atom. The topological polar surface area (TPSA) is 134 Å². The summed E-state index contributed by atoms with van der Waals surface area (Å²) in [6, 6.07) is 7.72. The van der Waals surface area contributed by atoms with Crippen LogP contribution in [0.4, 0.5) is 11.6 Å². The summed E-state index contributed by atoms with van der Waals surface area (Å²) >= 11 is 1.46. The number of hydrogen-bond acceptors (Lipinski definition) is 8. The van der Waals surface area contributed by atoms with Crippen LogP contribution in [0.25, 0.3) is 10.4 Å². The van der Waals surface area contributed by atoms with Crippen LogP contribution in [-0.2, 0) is 10.4 Å². The number of nitrogens with zero attached hydrogens (tertiary/aromatic N) is 3. The molecule has 0 aliphatic heterocycles. The molecule has 2 heterocycles. The molecule has 5 N–H and O–H groups in total. The van der Waals surface area contributed by atoms with Gasteiger partial charge in [0.15, 0.2) is 0 Å². The minimum absolute atomic E-state index is 0.257. The normalized spacial score (nSPS) is 22.8.